The quantitative estimate of drug-likeness (QED) is 0.923. The molecule has 0 radical (unpaired) electrons. The van der Waals surface area contributed by atoms with Gasteiger partial charge in [0.05, 0.1) is 5.41 Å². The normalized spacial score (nSPS) is 23.8. The molecule has 3 amide bonds. The fourth-order valence-corrected chi connectivity index (χ4v) is 3.80. The summed E-state index contributed by atoms with van der Waals surface area (Å²) in [6.07, 6.45) is 2.55. The number of carbonyl (C=O) groups is 2. The third-order valence-electron chi connectivity index (χ3n) is 5.23. The number of nitrogens with one attached hydrogen (secondary N) is 1. The standard InChI is InChI=1S/C18H24FN3O2/c1-2-21-10-5-8-18(16(21)23)9-11-22(13-18)17(24)20-12-14-6-3-4-7-15(14)19/h3-4,6-7H,2,5,8-13H2,1H3,(H,20,24). The Kier molecular flexibility index (Phi) is 4.73. The number of benzene rings is 1. The highest BCUT2D eigenvalue weighted by Crippen LogP contribution is 2.39. The van der Waals surface area contributed by atoms with Gasteiger partial charge in [-0.05, 0) is 32.3 Å². The lowest BCUT2D eigenvalue weighted by molar-refractivity contribution is -0.145. The van der Waals surface area contributed by atoms with E-state index >= 15 is 0 Å². The minimum absolute atomic E-state index is 0.157. The predicted molar refractivity (Wildman–Crippen MR) is 88.7 cm³/mol. The Balaban J connectivity index is 1.60. The van der Waals surface area contributed by atoms with Crippen LogP contribution in [0, 0.1) is 11.2 Å². The maximum atomic E-state index is 13.6. The van der Waals surface area contributed by atoms with Gasteiger partial charge in [0.2, 0.25) is 5.91 Å². The molecule has 6 heteroatoms. The Morgan fingerprint density at radius 3 is 2.83 bits per heavy atom. The molecule has 2 fully saturated rings. The van der Waals surface area contributed by atoms with Gasteiger partial charge in [0.1, 0.15) is 5.82 Å². The largest absolute Gasteiger partial charge is 0.342 e. The van der Waals surface area contributed by atoms with Crippen LogP contribution in [0.3, 0.4) is 0 Å². The SMILES string of the molecule is CCN1CCCC2(CCN(C(=O)NCc3ccccc3F)C2)C1=O. The van der Waals surface area contributed by atoms with Crippen molar-refractivity contribution in [3.05, 3.63) is 35.6 Å². The number of likely N-dealkylation sites (tertiary alicyclic amines) is 2. The molecule has 3 rings (SSSR count). The summed E-state index contributed by atoms with van der Waals surface area (Å²) in [6.45, 7) is 4.73. The third-order valence-corrected chi connectivity index (χ3v) is 5.23. The van der Waals surface area contributed by atoms with Gasteiger partial charge in [-0.2, -0.15) is 0 Å². The van der Waals surface area contributed by atoms with E-state index in [0.29, 0.717) is 18.7 Å². The summed E-state index contributed by atoms with van der Waals surface area (Å²) in [4.78, 5) is 28.7. The van der Waals surface area contributed by atoms with Crippen LogP contribution in [0.15, 0.2) is 24.3 Å². The lowest BCUT2D eigenvalue weighted by atomic mass is 9.78. The summed E-state index contributed by atoms with van der Waals surface area (Å²) in [6, 6.07) is 6.18. The first kappa shape index (κ1) is 16.7. The van der Waals surface area contributed by atoms with Gasteiger partial charge in [0, 0.05) is 38.3 Å². The number of urea groups is 1. The van der Waals surface area contributed by atoms with Crippen LogP contribution in [0.25, 0.3) is 0 Å². The second-order valence-corrected chi connectivity index (χ2v) is 6.69. The highest BCUT2D eigenvalue weighted by atomic mass is 19.1. The number of hydrogen-bond acceptors (Lipinski definition) is 2. The maximum absolute atomic E-state index is 13.6. The van der Waals surface area contributed by atoms with Crippen molar-refractivity contribution >= 4 is 11.9 Å². The predicted octanol–water partition coefficient (Wildman–Crippen LogP) is 2.37. The molecule has 130 valence electrons. The molecule has 2 aliphatic rings. The first-order valence-electron chi connectivity index (χ1n) is 8.61. The molecular weight excluding hydrogens is 309 g/mol. The van der Waals surface area contributed by atoms with E-state index in [0.717, 1.165) is 32.4 Å². The molecule has 2 heterocycles. The Bertz CT molecular complexity index is 636. The van der Waals surface area contributed by atoms with Gasteiger partial charge in [-0.15, -0.1) is 0 Å². The second kappa shape index (κ2) is 6.79. The van der Waals surface area contributed by atoms with E-state index in [1.54, 1.807) is 23.1 Å². The first-order valence-corrected chi connectivity index (χ1v) is 8.61. The molecule has 1 spiro atoms. The molecule has 24 heavy (non-hydrogen) atoms. The Labute approximate surface area is 141 Å². The van der Waals surface area contributed by atoms with Crippen molar-refractivity contribution in [3.8, 4) is 0 Å². The van der Waals surface area contributed by atoms with Crippen molar-refractivity contribution in [3.63, 3.8) is 0 Å². The van der Waals surface area contributed by atoms with Gasteiger partial charge < -0.3 is 15.1 Å². The van der Waals surface area contributed by atoms with Crippen molar-refractivity contribution in [1.29, 1.82) is 0 Å². The monoisotopic (exact) mass is 333 g/mol. The van der Waals surface area contributed by atoms with Gasteiger partial charge in [-0.3, -0.25) is 4.79 Å². The molecule has 0 saturated carbocycles. The van der Waals surface area contributed by atoms with Crippen LogP contribution in [-0.4, -0.2) is 47.9 Å². The van der Waals surface area contributed by atoms with E-state index in [1.165, 1.54) is 6.07 Å². The molecular formula is C18H24FN3O2. The van der Waals surface area contributed by atoms with E-state index in [4.69, 9.17) is 0 Å². The molecule has 1 aromatic carbocycles. The minimum Gasteiger partial charge on any atom is -0.342 e. The van der Waals surface area contributed by atoms with Crippen LogP contribution in [0.5, 0.6) is 0 Å². The molecule has 2 aliphatic heterocycles. The average molecular weight is 333 g/mol. The molecule has 2 saturated heterocycles. The second-order valence-electron chi connectivity index (χ2n) is 6.69. The van der Waals surface area contributed by atoms with Gasteiger partial charge in [-0.25, -0.2) is 9.18 Å². The maximum Gasteiger partial charge on any atom is 0.317 e. The number of rotatable bonds is 3. The molecule has 0 aromatic heterocycles. The Hall–Kier alpha value is -2.11. The molecule has 1 atom stereocenters. The average Bonchev–Trinajstić information content (AvgIpc) is 3.02. The summed E-state index contributed by atoms with van der Waals surface area (Å²) in [5, 5.41) is 2.77. The number of hydrogen-bond donors (Lipinski definition) is 1. The lowest BCUT2D eigenvalue weighted by Crippen LogP contribution is -2.50. The van der Waals surface area contributed by atoms with Gasteiger partial charge >= 0.3 is 6.03 Å². The summed E-state index contributed by atoms with van der Waals surface area (Å²) in [5.74, 6) is -0.141. The molecule has 1 aromatic rings. The van der Waals surface area contributed by atoms with Gasteiger partial charge in [-0.1, -0.05) is 18.2 Å². The fourth-order valence-electron chi connectivity index (χ4n) is 3.80. The zero-order chi connectivity index (χ0) is 17.2. The van der Waals surface area contributed by atoms with E-state index in [9.17, 15) is 14.0 Å². The number of nitrogens with zero attached hydrogens (tertiary/aromatic N) is 2. The van der Waals surface area contributed by atoms with Crippen LogP contribution < -0.4 is 5.32 Å². The molecule has 0 bridgehead atoms. The van der Waals surface area contributed by atoms with E-state index in [-0.39, 0.29) is 24.3 Å². The number of halogens is 1. The van der Waals surface area contributed by atoms with Crippen LogP contribution >= 0.6 is 0 Å². The van der Waals surface area contributed by atoms with E-state index in [2.05, 4.69) is 5.32 Å². The van der Waals surface area contributed by atoms with Gasteiger partial charge in [0.15, 0.2) is 0 Å². The summed E-state index contributed by atoms with van der Waals surface area (Å²) in [7, 11) is 0. The fraction of sp³-hybridized carbons (Fsp3) is 0.556. The topological polar surface area (TPSA) is 52.6 Å². The van der Waals surface area contributed by atoms with Crippen molar-refractivity contribution in [2.45, 2.75) is 32.7 Å². The van der Waals surface area contributed by atoms with Crippen molar-refractivity contribution in [1.82, 2.24) is 15.1 Å². The number of carbonyl (C=O) groups excluding carboxylic acids is 2. The van der Waals surface area contributed by atoms with Crippen molar-refractivity contribution in [2.24, 2.45) is 5.41 Å². The smallest absolute Gasteiger partial charge is 0.317 e. The molecule has 0 aliphatic carbocycles. The summed E-state index contributed by atoms with van der Waals surface area (Å²) < 4.78 is 13.6. The Morgan fingerprint density at radius 2 is 2.08 bits per heavy atom. The van der Waals surface area contributed by atoms with Crippen molar-refractivity contribution < 1.29 is 14.0 Å². The highest BCUT2D eigenvalue weighted by molar-refractivity contribution is 5.85. The molecule has 1 unspecified atom stereocenters. The molecule has 5 nitrogen and oxygen atoms in total. The van der Waals surface area contributed by atoms with Crippen LogP contribution in [-0.2, 0) is 11.3 Å². The highest BCUT2D eigenvalue weighted by Gasteiger charge is 2.49. The third kappa shape index (κ3) is 3.09. The minimum atomic E-state index is -0.413. The summed E-state index contributed by atoms with van der Waals surface area (Å²) in [5.41, 5.74) is 0.0505. The van der Waals surface area contributed by atoms with Crippen LogP contribution in [0.4, 0.5) is 9.18 Å². The first-order chi connectivity index (χ1) is 11.6. The van der Waals surface area contributed by atoms with E-state index < -0.39 is 5.41 Å². The van der Waals surface area contributed by atoms with Crippen LogP contribution in [0.2, 0.25) is 0 Å². The Morgan fingerprint density at radius 1 is 1.29 bits per heavy atom. The summed E-state index contributed by atoms with van der Waals surface area (Å²) >= 11 is 0. The zero-order valence-electron chi connectivity index (χ0n) is 14.1. The van der Waals surface area contributed by atoms with Crippen LogP contribution in [0.1, 0.15) is 31.7 Å². The molecule has 1 N–H and O–H groups in total. The number of piperidine rings is 1. The van der Waals surface area contributed by atoms with Crippen molar-refractivity contribution in [2.75, 3.05) is 26.2 Å². The lowest BCUT2D eigenvalue weighted by Gasteiger charge is -2.38. The van der Waals surface area contributed by atoms with Gasteiger partial charge in [0.25, 0.3) is 0 Å². The number of amides is 3. The van der Waals surface area contributed by atoms with E-state index in [1.807, 2.05) is 11.8 Å². The zero-order valence-corrected chi connectivity index (χ0v) is 14.1.